The molecule has 0 aliphatic carbocycles. The second kappa shape index (κ2) is 7.10. The van der Waals surface area contributed by atoms with Crippen molar-refractivity contribution >= 4 is 35.6 Å². The van der Waals surface area contributed by atoms with Crippen LogP contribution in [0.15, 0.2) is 18.2 Å². The van der Waals surface area contributed by atoms with E-state index in [-0.39, 0.29) is 24.4 Å². The Morgan fingerprint density at radius 2 is 2.32 bits per heavy atom. The van der Waals surface area contributed by atoms with Gasteiger partial charge < -0.3 is 11.1 Å². The molecule has 6 heteroatoms. The van der Waals surface area contributed by atoms with Crippen LogP contribution in [-0.2, 0) is 4.79 Å². The number of rotatable bonds is 3. The monoisotopic (exact) mass is 303 g/mol. The summed E-state index contributed by atoms with van der Waals surface area (Å²) in [5.41, 5.74) is 7.59. The molecule has 0 bridgehead atoms. The predicted molar refractivity (Wildman–Crippen MR) is 81.1 cm³/mol. The maximum Gasteiger partial charge on any atom is 0.238 e. The number of benzene rings is 1. The molecule has 4 nitrogen and oxygen atoms in total. The number of likely N-dealkylation sites (tertiary alicyclic amines) is 1. The lowest BCUT2D eigenvalue weighted by molar-refractivity contribution is -0.117. The second-order valence-corrected chi connectivity index (χ2v) is 5.23. The number of anilines is 1. The summed E-state index contributed by atoms with van der Waals surface area (Å²) in [5.74, 6) is -0.0190. The Balaban J connectivity index is 0.00000180. The zero-order valence-corrected chi connectivity index (χ0v) is 12.4. The van der Waals surface area contributed by atoms with Crippen molar-refractivity contribution in [2.75, 3.05) is 25.0 Å². The van der Waals surface area contributed by atoms with E-state index in [0.717, 1.165) is 30.8 Å². The highest BCUT2D eigenvalue weighted by Gasteiger charge is 2.21. The van der Waals surface area contributed by atoms with Crippen molar-refractivity contribution in [2.24, 2.45) is 5.73 Å². The van der Waals surface area contributed by atoms with Gasteiger partial charge in [-0.05, 0) is 31.0 Å². The van der Waals surface area contributed by atoms with Crippen LogP contribution >= 0.6 is 24.0 Å². The molecule has 0 radical (unpaired) electrons. The third-order valence-electron chi connectivity index (χ3n) is 3.15. The van der Waals surface area contributed by atoms with E-state index in [2.05, 4.69) is 10.2 Å². The number of aryl methyl sites for hydroxylation is 1. The first-order valence-corrected chi connectivity index (χ1v) is 6.46. The number of nitrogens with zero attached hydrogens (tertiary/aromatic N) is 1. The van der Waals surface area contributed by atoms with Gasteiger partial charge in [-0.15, -0.1) is 12.4 Å². The van der Waals surface area contributed by atoms with Crippen LogP contribution in [0, 0.1) is 6.92 Å². The molecule has 1 amide bonds. The molecule has 1 saturated heterocycles. The summed E-state index contributed by atoms with van der Waals surface area (Å²) in [7, 11) is 0. The first-order chi connectivity index (χ1) is 8.54. The van der Waals surface area contributed by atoms with Crippen LogP contribution in [0.5, 0.6) is 0 Å². The molecule has 1 aliphatic heterocycles. The summed E-state index contributed by atoms with van der Waals surface area (Å²) in [6, 6.07) is 5.67. The SMILES string of the molecule is Cc1ccc(Cl)cc1NC(=O)CN1CC[C@@H](N)C1.Cl. The lowest BCUT2D eigenvalue weighted by Crippen LogP contribution is -2.33. The molecule has 19 heavy (non-hydrogen) atoms. The van der Waals surface area contributed by atoms with Crippen molar-refractivity contribution in [2.45, 2.75) is 19.4 Å². The molecule has 2 rings (SSSR count). The van der Waals surface area contributed by atoms with E-state index in [9.17, 15) is 4.79 Å². The van der Waals surface area contributed by atoms with Gasteiger partial charge in [0.05, 0.1) is 6.54 Å². The number of amides is 1. The van der Waals surface area contributed by atoms with Gasteiger partial charge in [0.25, 0.3) is 0 Å². The summed E-state index contributed by atoms with van der Waals surface area (Å²) in [5, 5.41) is 3.51. The fourth-order valence-electron chi connectivity index (χ4n) is 2.13. The average Bonchev–Trinajstić information content (AvgIpc) is 2.69. The zero-order chi connectivity index (χ0) is 13.1. The third kappa shape index (κ3) is 4.66. The van der Waals surface area contributed by atoms with E-state index in [1.54, 1.807) is 6.07 Å². The van der Waals surface area contributed by atoms with Gasteiger partial charge in [-0.1, -0.05) is 17.7 Å². The van der Waals surface area contributed by atoms with Crippen molar-refractivity contribution < 1.29 is 4.79 Å². The van der Waals surface area contributed by atoms with Crippen molar-refractivity contribution in [3.05, 3.63) is 28.8 Å². The molecule has 0 spiro atoms. The minimum absolute atomic E-state index is 0. The number of nitrogens with two attached hydrogens (primary N) is 1. The Morgan fingerprint density at radius 3 is 2.95 bits per heavy atom. The number of halogens is 2. The van der Waals surface area contributed by atoms with Crippen LogP contribution < -0.4 is 11.1 Å². The van der Waals surface area contributed by atoms with E-state index in [1.165, 1.54) is 0 Å². The number of carbonyl (C=O) groups is 1. The quantitative estimate of drug-likeness (QED) is 0.898. The molecule has 1 aromatic carbocycles. The van der Waals surface area contributed by atoms with E-state index in [1.807, 2.05) is 19.1 Å². The van der Waals surface area contributed by atoms with Crippen LogP contribution in [0.3, 0.4) is 0 Å². The minimum atomic E-state index is -0.0190. The number of hydrogen-bond donors (Lipinski definition) is 2. The Bertz CT molecular complexity index is 454. The minimum Gasteiger partial charge on any atom is -0.326 e. The highest BCUT2D eigenvalue weighted by atomic mass is 35.5. The van der Waals surface area contributed by atoms with Gasteiger partial charge in [-0.2, -0.15) is 0 Å². The Hall–Kier alpha value is -0.810. The first kappa shape index (κ1) is 16.2. The maximum atomic E-state index is 11.9. The van der Waals surface area contributed by atoms with Gasteiger partial charge in [0, 0.05) is 29.8 Å². The van der Waals surface area contributed by atoms with Gasteiger partial charge in [0.2, 0.25) is 5.91 Å². The number of hydrogen-bond acceptors (Lipinski definition) is 3. The van der Waals surface area contributed by atoms with Crippen molar-refractivity contribution in [3.63, 3.8) is 0 Å². The molecule has 1 aliphatic rings. The predicted octanol–water partition coefficient (Wildman–Crippen LogP) is 2.04. The number of nitrogens with one attached hydrogen (secondary N) is 1. The van der Waals surface area contributed by atoms with Crippen LogP contribution in [0.1, 0.15) is 12.0 Å². The number of carbonyl (C=O) groups excluding carboxylic acids is 1. The lowest BCUT2D eigenvalue weighted by Gasteiger charge is -2.15. The fourth-order valence-corrected chi connectivity index (χ4v) is 2.30. The second-order valence-electron chi connectivity index (χ2n) is 4.79. The first-order valence-electron chi connectivity index (χ1n) is 6.08. The molecule has 1 aromatic rings. The summed E-state index contributed by atoms with van der Waals surface area (Å²) in [6.07, 6.45) is 0.962. The molecule has 106 valence electrons. The van der Waals surface area contributed by atoms with Gasteiger partial charge in [-0.25, -0.2) is 0 Å². The normalized spacial score (nSPS) is 19.0. The summed E-state index contributed by atoms with van der Waals surface area (Å²) < 4.78 is 0. The van der Waals surface area contributed by atoms with Gasteiger partial charge in [0.1, 0.15) is 0 Å². The lowest BCUT2D eigenvalue weighted by atomic mass is 10.2. The third-order valence-corrected chi connectivity index (χ3v) is 3.38. The van der Waals surface area contributed by atoms with Crippen molar-refractivity contribution in [1.82, 2.24) is 4.90 Å². The van der Waals surface area contributed by atoms with E-state index in [4.69, 9.17) is 17.3 Å². The topological polar surface area (TPSA) is 58.4 Å². The molecular weight excluding hydrogens is 285 g/mol. The van der Waals surface area contributed by atoms with Gasteiger partial charge in [-0.3, -0.25) is 9.69 Å². The molecule has 1 heterocycles. The highest BCUT2D eigenvalue weighted by Crippen LogP contribution is 2.20. The zero-order valence-electron chi connectivity index (χ0n) is 10.9. The fraction of sp³-hybridized carbons (Fsp3) is 0.462. The molecule has 1 atom stereocenters. The molecule has 0 saturated carbocycles. The smallest absolute Gasteiger partial charge is 0.238 e. The van der Waals surface area contributed by atoms with E-state index >= 15 is 0 Å². The standard InChI is InChI=1S/C13H18ClN3O.ClH/c1-9-2-3-10(14)6-12(9)16-13(18)8-17-5-4-11(15)7-17;/h2-3,6,11H,4-5,7-8,15H2,1H3,(H,16,18);1H/t11-;/m1./s1. The largest absolute Gasteiger partial charge is 0.326 e. The average molecular weight is 304 g/mol. The molecular formula is C13H19Cl2N3O. The van der Waals surface area contributed by atoms with Crippen molar-refractivity contribution in [3.8, 4) is 0 Å². The molecule has 0 unspecified atom stereocenters. The Labute approximate surface area is 124 Å². The van der Waals surface area contributed by atoms with E-state index in [0.29, 0.717) is 11.6 Å². The van der Waals surface area contributed by atoms with Gasteiger partial charge in [0.15, 0.2) is 0 Å². The Morgan fingerprint density at radius 1 is 1.58 bits per heavy atom. The van der Waals surface area contributed by atoms with Crippen LogP contribution in [0.25, 0.3) is 0 Å². The molecule has 3 N–H and O–H groups in total. The van der Waals surface area contributed by atoms with Crippen LogP contribution in [-0.4, -0.2) is 36.5 Å². The van der Waals surface area contributed by atoms with E-state index < -0.39 is 0 Å². The van der Waals surface area contributed by atoms with Crippen molar-refractivity contribution in [1.29, 1.82) is 0 Å². The maximum absolute atomic E-state index is 11.9. The summed E-state index contributed by atoms with van der Waals surface area (Å²) >= 11 is 5.91. The molecule has 1 fully saturated rings. The van der Waals surface area contributed by atoms with Crippen LogP contribution in [0.4, 0.5) is 5.69 Å². The summed E-state index contributed by atoms with van der Waals surface area (Å²) in [6.45, 7) is 4.02. The van der Waals surface area contributed by atoms with Gasteiger partial charge >= 0.3 is 0 Å². The highest BCUT2D eigenvalue weighted by molar-refractivity contribution is 6.31. The Kier molecular flexibility index (Phi) is 6.07. The molecule has 0 aromatic heterocycles. The van der Waals surface area contributed by atoms with Crippen LogP contribution in [0.2, 0.25) is 5.02 Å². The summed E-state index contributed by atoms with van der Waals surface area (Å²) in [4.78, 5) is 14.0.